The lowest BCUT2D eigenvalue weighted by Gasteiger charge is -2.45. The number of allylic oxidation sites excluding steroid dienone is 1. The number of aromatic hydroxyl groups is 1. The summed E-state index contributed by atoms with van der Waals surface area (Å²) in [6, 6.07) is 13.7. The van der Waals surface area contributed by atoms with E-state index in [-0.39, 0.29) is 45.7 Å². The van der Waals surface area contributed by atoms with E-state index in [1.54, 1.807) is 36.4 Å². The van der Waals surface area contributed by atoms with Gasteiger partial charge in [-0.1, -0.05) is 47.5 Å². The molecule has 1 amide bonds. The standard InChI is InChI=1S/C37H44Cl2N4O6/c1-41-23-12-13-24(41)20-25(19-23)42-15-17-43(18-16-42)31(45)21-29-34(37(47)49-3)35(32-26(38)8-6-9-27(32)39)33(36(46)48-2)28(40-29)14-11-22-7-4-5-10-30(22)44/h4-10,23-25,35,40,44H,11-21H2,1-3H3. The highest BCUT2D eigenvalue weighted by atomic mass is 35.5. The maximum atomic E-state index is 14.0. The van der Waals surface area contributed by atoms with E-state index in [9.17, 15) is 19.5 Å². The van der Waals surface area contributed by atoms with Crippen LogP contribution in [0.5, 0.6) is 5.75 Å². The number of rotatable bonds is 9. The molecule has 2 aromatic carbocycles. The van der Waals surface area contributed by atoms with Gasteiger partial charge < -0.3 is 29.7 Å². The number of para-hydroxylation sites is 1. The molecule has 3 saturated heterocycles. The molecule has 3 unspecified atom stereocenters. The van der Waals surface area contributed by atoms with Crippen LogP contribution in [0.1, 0.15) is 55.6 Å². The molecule has 2 N–H and O–H groups in total. The summed E-state index contributed by atoms with van der Waals surface area (Å²) in [5.74, 6) is -2.51. The number of phenolic OH excluding ortho intramolecular Hbond substituents is 1. The molecule has 0 aromatic heterocycles. The Balaban J connectivity index is 1.31. The molecule has 2 bridgehead atoms. The van der Waals surface area contributed by atoms with Gasteiger partial charge in [0.25, 0.3) is 0 Å². The third kappa shape index (κ3) is 7.20. The lowest BCUT2D eigenvalue weighted by molar-refractivity contribution is -0.137. The fourth-order valence-corrected chi connectivity index (χ4v) is 8.80. The van der Waals surface area contributed by atoms with Gasteiger partial charge in [0.2, 0.25) is 5.91 Å². The normalized spacial score (nSPS) is 24.6. The van der Waals surface area contributed by atoms with E-state index in [2.05, 4.69) is 22.2 Å². The first-order chi connectivity index (χ1) is 23.6. The second-order valence-corrected chi connectivity index (χ2v) is 14.2. The molecule has 3 fully saturated rings. The highest BCUT2D eigenvalue weighted by Gasteiger charge is 2.43. The first kappa shape index (κ1) is 35.3. The number of nitrogens with one attached hydrogen (secondary N) is 1. The van der Waals surface area contributed by atoms with Crippen LogP contribution in [-0.2, 0) is 30.3 Å². The van der Waals surface area contributed by atoms with Gasteiger partial charge in [-0.05, 0) is 69.3 Å². The summed E-state index contributed by atoms with van der Waals surface area (Å²) in [5, 5.41) is 14.3. The van der Waals surface area contributed by atoms with Gasteiger partial charge in [0, 0.05) is 71.3 Å². The Kier molecular flexibility index (Phi) is 10.9. The smallest absolute Gasteiger partial charge is 0.336 e. The van der Waals surface area contributed by atoms with E-state index in [0.717, 1.165) is 13.1 Å². The van der Waals surface area contributed by atoms with Gasteiger partial charge in [-0.3, -0.25) is 9.69 Å². The van der Waals surface area contributed by atoms with Crippen molar-refractivity contribution in [3.05, 3.63) is 86.2 Å². The Morgan fingerprint density at radius 3 is 2.00 bits per heavy atom. The summed E-state index contributed by atoms with van der Waals surface area (Å²) in [6.45, 7) is 2.77. The highest BCUT2D eigenvalue weighted by Crippen LogP contribution is 2.46. The molecule has 4 heterocycles. The van der Waals surface area contributed by atoms with E-state index < -0.39 is 17.9 Å². The Morgan fingerprint density at radius 2 is 1.41 bits per heavy atom. The van der Waals surface area contributed by atoms with Crippen molar-refractivity contribution in [3.8, 4) is 5.75 Å². The minimum Gasteiger partial charge on any atom is -0.508 e. The topological polar surface area (TPSA) is 112 Å². The largest absolute Gasteiger partial charge is 0.508 e. The maximum Gasteiger partial charge on any atom is 0.336 e. The van der Waals surface area contributed by atoms with Crippen molar-refractivity contribution < 1.29 is 29.0 Å². The van der Waals surface area contributed by atoms with Crippen molar-refractivity contribution in [1.82, 2.24) is 20.0 Å². The molecule has 0 radical (unpaired) electrons. The van der Waals surface area contributed by atoms with Crippen molar-refractivity contribution in [2.45, 2.75) is 69.0 Å². The fraction of sp³-hybridized carbons (Fsp3) is 0.486. The number of fused-ring (bicyclic) bond motifs is 2. The molecule has 12 heteroatoms. The molecule has 6 rings (SSSR count). The number of hydrogen-bond acceptors (Lipinski definition) is 9. The summed E-state index contributed by atoms with van der Waals surface area (Å²) >= 11 is 13.5. The Hall–Kier alpha value is -3.57. The van der Waals surface area contributed by atoms with Crippen molar-refractivity contribution >= 4 is 41.0 Å². The van der Waals surface area contributed by atoms with Crippen molar-refractivity contribution in [2.75, 3.05) is 47.4 Å². The van der Waals surface area contributed by atoms with Gasteiger partial charge in [-0.25, -0.2) is 9.59 Å². The number of dihydropyridines is 1. The van der Waals surface area contributed by atoms with Crippen LogP contribution in [0.4, 0.5) is 0 Å². The van der Waals surface area contributed by atoms with Crippen LogP contribution >= 0.6 is 23.2 Å². The van der Waals surface area contributed by atoms with E-state index in [0.29, 0.717) is 60.2 Å². The number of carbonyl (C=O) groups is 3. The number of ether oxygens (including phenoxy) is 2. The second-order valence-electron chi connectivity index (χ2n) is 13.4. The highest BCUT2D eigenvalue weighted by molar-refractivity contribution is 6.36. The maximum absolute atomic E-state index is 14.0. The molecule has 0 spiro atoms. The number of methoxy groups -OCH3 is 2. The Bertz CT molecular complexity index is 1640. The molecule has 4 aliphatic heterocycles. The van der Waals surface area contributed by atoms with Crippen molar-refractivity contribution in [3.63, 3.8) is 0 Å². The lowest BCUT2D eigenvalue weighted by Crippen LogP contribution is -2.56. The van der Waals surface area contributed by atoms with E-state index in [1.165, 1.54) is 39.9 Å². The quantitative estimate of drug-likeness (QED) is 0.346. The summed E-state index contributed by atoms with van der Waals surface area (Å²) in [5.41, 5.74) is 1.95. The first-order valence-corrected chi connectivity index (χ1v) is 17.7. The number of esters is 2. The van der Waals surface area contributed by atoms with E-state index >= 15 is 0 Å². The number of phenols is 1. The molecule has 0 aliphatic carbocycles. The van der Waals surface area contributed by atoms with E-state index in [4.69, 9.17) is 32.7 Å². The molecule has 10 nitrogen and oxygen atoms in total. The van der Waals surface area contributed by atoms with Crippen LogP contribution in [0.2, 0.25) is 10.0 Å². The molecule has 262 valence electrons. The van der Waals surface area contributed by atoms with Gasteiger partial charge >= 0.3 is 11.9 Å². The third-order valence-electron chi connectivity index (χ3n) is 10.8. The molecule has 2 aromatic rings. The van der Waals surface area contributed by atoms with Crippen LogP contribution in [-0.4, -0.2) is 103 Å². The van der Waals surface area contributed by atoms with Gasteiger partial charge in [0.1, 0.15) is 5.75 Å². The minimum absolute atomic E-state index is 0.0676. The summed E-state index contributed by atoms with van der Waals surface area (Å²) in [6.07, 6.45) is 5.35. The molecule has 0 saturated carbocycles. The SMILES string of the molecule is COC(=O)C1=C(CCc2ccccc2O)NC(CC(=O)N2CCN(C3CC4CCC(C3)N4C)CC2)=C(C(=O)OC)C1c1c(Cl)cccc1Cl. The predicted octanol–water partition coefficient (Wildman–Crippen LogP) is 5.03. The van der Waals surface area contributed by atoms with Crippen molar-refractivity contribution in [1.29, 1.82) is 0 Å². The number of piperidine rings is 1. The van der Waals surface area contributed by atoms with Crippen LogP contribution in [0, 0.1) is 0 Å². The zero-order chi connectivity index (χ0) is 34.8. The van der Waals surface area contributed by atoms with Crippen LogP contribution < -0.4 is 5.32 Å². The number of benzene rings is 2. The average molecular weight is 712 g/mol. The van der Waals surface area contributed by atoms with E-state index in [1.807, 2.05) is 11.0 Å². The van der Waals surface area contributed by atoms with Gasteiger partial charge in [-0.2, -0.15) is 0 Å². The Labute approximate surface area is 297 Å². The molecule has 4 aliphatic rings. The number of piperazine rings is 1. The average Bonchev–Trinajstić information content (AvgIpc) is 3.29. The number of nitrogens with zero attached hydrogens (tertiary/aromatic N) is 3. The monoisotopic (exact) mass is 710 g/mol. The van der Waals surface area contributed by atoms with Crippen LogP contribution in [0.25, 0.3) is 0 Å². The lowest BCUT2D eigenvalue weighted by atomic mass is 9.78. The number of hydrogen-bond donors (Lipinski definition) is 2. The van der Waals surface area contributed by atoms with Crippen molar-refractivity contribution in [2.24, 2.45) is 0 Å². The minimum atomic E-state index is -1.08. The number of halogens is 2. The fourth-order valence-electron chi connectivity index (χ4n) is 8.19. The molecule has 49 heavy (non-hydrogen) atoms. The number of carbonyl (C=O) groups excluding carboxylic acids is 3. The summed E-state index contributed by atoms with van der Waals surface area (Å²) in [7, 11) is 4.76. The number of amides is 1. The third-order valence-corrected chi connectivity index (χ3v) is 11.5. The Morgan fingerprint density at radius 1 is 0.816 bits per heavy atom. The van der Waals surface area contributed by atoms with Gasteiger partial charge in [-0.15, -0.1) is 0 Å². The second kappa shape index (κ2) is 15.1. The molecular weight excluding hydrogens is 667 g/mol. The summed E-state index contributed by atoms with van der Waals surface area (Å²) < 4.78 is 10.5. The van der Waals surface area contributed by atoms with Crippen LogP contribution in [0.15, 0.2) is 65.0 Å². The van der Waals surface area contributed by atoms with Gasteiger partial charge in [0.15, 0.2) is 0 Å². The van der Waals surface area contributed by atoms with Crippen LogP contribution in [0.3, 0.4) is 0 Å². The molecule has 3 atom stereocenters. The first-order valence-electron chi connectivity index (χ1n) is 17.0. The summed E-state index contributed by atoms with van der Waals surface area (Å²) in [4.78, 5) is 48.2. The predicted molar refractivity (Wildman–Crippen MR) is 187 cm³/mol. The molecular formula is C37H44Cl2N4O6. The zero-order valence-electron chi connectivity index (χ0n) is 28.2. The zero-order valence-corrected chi connectivity index (χ0v) is 29.7. The number of aryl methyl sites for hydroxylation is 1. The van der Waals surface area contributed by atoms with Gasteiger partial charge in [0.05, 0.1) is 37.7 Å².